The summed E-state index contributed by atoms with van der Waals surface area (Å²) in [5.41, 5.74) is 4.81. The molecule has 0 unspecified atom stereocenters. The summed E-state index contributed by atoms with van der Waals surface area (Å²) in [6, 6.07) is 16.0. The fourth-order valence-corrected chi connectivity index (χ4v) is 4.51. The fraction of sp³-hybridized carbons (Fsp3) is 0.308. The van der Waals surface area contributed by atoms with Crippen molar-refractivity contribution in [2.45, 2.75) is 46.0 Å². The van der Waals surface area contributed by atoms with Crippen molar-refractivity contribution in [1.29, 1.82) is 0 Å². The molecule has 0 N–H and O–H groups in total. The van der Waals surface area contributed by atoms with E-state index in [1.54, 1.807) is 11.3 Å². The summed E-state index contributed by atoms with van der Waals surface area (Å²) in [5.74, 6) is 0.548. The van der Waals surface area contributed by atoms with E-state index in [0.29, 0.717) is 12.2 Å². The number of rotatable bonds is 6. The zero-order chi connectivity index (χ0) is 22.0. The number of carbonyl (C=O) groups is 1. The van der Waals surface area contributed by atoms with Crippen molar-refractivity contribution >= 4 is 28.3 Å². The first kappa shape index (κ1) is 21.3. The Bertz CT molecular complexity index is 1210. The average molecular weight is 434 g/mol. The van der Waals surface area contributed by atoms with E-state index in [1.807, 2.05) is 37.3 Å². The third kappa shape index (κ3) is 4.72. The first-order chi connectivity index (χ1) is 14.8. The molecule has 0 aliphatic rings. The zero-order valence-corrected chi connectivity index (χ0v) is 19.2. The van der Waals surface area contributed by atoms with Crippen LogP contribution in [-0.4, -0.2) is 17.6 Å². The Kier molecular flexibility index (Phi) is 5.96. The van der Waals surface area contributed by atoms with Crippen molar-refractivity contribution in [2.75, 3.05) is 6.61 Å². The van der Waals surface area contributed by atoms with Crippen LogP contribution in [-0.2, 0) is 23.0 Å². The summed E-state index contributed by atoms with van der Waals surface area (Å²) < 4.78 is 11.3. The second-order valence-electron chi connectivity index (χ2n) is 8.65. The van der Waals surface area contributed by atoms with Gasteiger partial charge in [0.2, 0.25) is 0 Å². The highest BCUT2D eigenvalue weighted by Gasteiger charge is 2.19. The van der Waals surface area contributed by atoms with Crippen LogP contribution in [0.3, 0.4) is 0 Å². The molecule has 0 amide bonds. The van der Waals surface area contributed by atoms with Crippen molar-refractivity contribution in [2.24, 2.45) is 0 Å². The highest BCUT2D eigenvalue weighted by Crippen LogP contribution is 2.33. The van der Waals surface area contributed by atoms with Crippen molar-refractivity contribution < 1.29 is 13.9 Å². The van der Waals surface area contributed by atoms with Gasteiger partial charge in [-0.15, -0.1) is 11.3 Å². The molecule has 160 valence electrons. The molecule has 0 spiro atoms. The number of nitrogens with zero attached hydrogens (tertiary/aromatic N) is 1. The Morgan fingerprint density at radius 2 is 1.90 bits per heavy atom. The predicted molar refractivity (Wildman–Crippen MR) is 126 cm³/mol. The van der Waals surface area contributed by atoms with Crippen LogP contribution >= 0.6 is 11.3 Å². The van der Waals surface area contributed by atoms with Crippen LogP contribution < -0.4 is 0 Å². The van der Waals surface area contributed by atoms with Crippen LogP contribution in [0.2, 0.25) is 0 Å². The molecular weight excluding hydrogens is 406 g/mol. The van der Waals surface area contributed by atoms with Gasteiger partial charge in [0.1, 0.15) is 5.58 Å². The summed E-state index contributed by atoms with van der Waals surface area (Å²) in [6.45, 7) is 8.69. The number of carbonyl (C=O) groups excluding carboxylic acids is 1. The summed E-state index contributed by atoms with van der Waals surface area (Å²) in [6.07, 6.45) is 1.60. The minimum Gasteiger partial charge on any atom is -0.462 e. The van der Waals surface area contributed by atoms with E-state index in [1.165, 1.54) is 5.56 Å². The predicted octanol–water partition coefficient (Wildman–Crippen LogP) is 6.82. The van der Waals surface area contributed by atoms with Gasteiger partial charge in [0, 0.05) is 16.2 Å². The number of furan rings is 1. The van der Waals surface area contributed by atoms with Crippen LogP contribution in [0.25, 0.3) is 21.7 Å². The standard InChI is InChI=1S/C26H27NO3S/c1-5-29-25(28)20-9-7-6-8-18(20)12-10-17-11-13-21-19(14-17)15-22(30-21)24-27-23(16-31-24)26(2,3)4/h6-9,11,13-16H,5,10,12H2,1-4H3. The summed E-state index contributed by atoms with van der Waals surface area (Å²) in [7, 11) is 0. The Hall–Kier alpha value is -2.92. The van der Waals surface area contributed by atoms with E-state index in [0.717, 1.165) is 45.8 Å². The van der Waals surface area contributed by atoms with Gasteiger partial charge in [-0.05, 0) is 55.2 Å². The second-order valence-corrected chi connectivity index (χ2v) is 9.51. The fourth-order valence-electron chi connectivity index (χ4n) is 3.51. The van der Waals surface area contributed by atoms with E-state index in [9.17, 15) is 4.79 Å². The van der Waals surface area contributed by atoms with E-state index in [2.05, 4.69) is 44.4 Å². The maximum Gasteiger partial charge on any atom is 0.338 e. The molecule has 0 saturated heterocycles. The second kappa shape index (κ2) is 8.67. The molecule has 5 heteroatoms. The van der Waals surface area contributed by atoms with Gasteiger partial charge in [0.15, 0.2) is 10.8 Å². The summed E-state index contributed by atoms with van der Waals surface area (Å²) in [5, 5.41) is 4.08. The largest absolute Gasteiger partial charge is 0.462 e. The minimum absolute atomic E-state index is 0.0216. The van der Waals surface area contributed by atoms with E-state index in [-0.39, 0.29) is 11.4 Å². The van der Waals surface area contributed by atoms with Gasteiger partial charge < -0.3 is 9.15 Å². The van der Waals surface area contributed by atoms with Crippen molar-refractivity contribution in [3.63, 3.8) is 0 Å². The normalized spacial score (nSPS) is 11.7. The molecule has 4 nitrogen and oxygen atoms in total. The molecule has 31 heavy (non-hydrogen) atoms. The Morgan fingerprint density at radius 1 is 1.10 bits per heavy atom. The lowest BCUT2D eigenvalue weighted by Gasteiger charge is -2.13. The summed E-state index contributed by atoms with van der Waals surface area (Å²) in [4.78, 5) is 17.0. The Labute approximate surface area is 186 Å². The number of esters is 1. The molecule has 0 saturated carbocycles. The molecule has 0 atom stereocenters. The molecule has 0 aliphatic heterocycles. The number of hydrogen-bond donors (Lipinski definition) is 0. The van der Waals surface area contributed by atoms with Gasteiger partial charge in [-0.1, -0.05) is 45.0 Å². The zero-order valence-electron chi connectivity index (χ0n) is 18.4. The van der Waals surface area contributed by atoms with E-state index in [4.69, 9.17) is 14.1 Å². The van der Waals surface area contributed by atoms with Gasteiger partial charge in [-0.2, -0.15) is 0 Å². The molecule has 2 heterocycles. The number of fused-ring (bicyclic) bond motifs is 1. The third-order valence-corrected chi connectivity index (χ3v) is 6.12. The lowest BCUT2D eigenvalue weighted by Crippen LogP contribution is -2.11. The molecular formula is C26H27NO3S. The van der Waals surface area contributed by atoms with Gasteiger partial charge in [-0.3, -0.25) is 0 Å². The molecule has 0 aliphatic carbocycles. The molecule has 0 bridgehead atoms. The third-order valence-electron chi connectivity index (χ3n) is 5.26. The van der Waals surface area contributed by atoms with Crippen molar-refractivity contribution in [3.8, 4) is 10.8 Å². The monoisotopic (exact) mass is 433 g/mol. The Morgan fingerprint density at radius 3 is 2.65 bits per heavy atom. The van der Waals surface area contributed by atoms with Gasteiger partial charge in [0.05, 0.1) is 17.9 Å². The van der Waals surface area contributed by atoms with Gasteiger partial charge in [-0.25, -0.2) is 9.78 Å². The van der Waals surface area contributed by atoms with Crippen LogP contribution in [0.5, 0.6) is 0 Å². The maximum absolute atomic E-state index is 12.2. The molecule has 4 aromatic rings. The molecule has 2 aromatic carbocycles. The van der Waals surface area contributed by atoms with Gasteiger partial charge >= 0.3 is 5.97 Å². The number of hydrogen-bond acceptors (Lipinski definition) is 5. The highest BCUT2D eigenvalue weighted by molar-refractivity contribution is 7.13. The van der Waals surface area contributed by atoms with Crippen LogP contribution in [0, 0.1) is 0 Å². The first-order valence-corrected chi connectivity index (χ1v) is 11.5. The van der Waals surface area contributed by atoms with Crippen molar-refractivity contribution in [1.82, 2.24) is 4.98 Å². The number of aromatic nitrogens is 1. The summed E-state index contributed by atoms with van der Waals surface area (Å²) >= 11 is 1.62. The van der Waals surface area contributed by atoms with E-state index < -0.39 is 0 Å². The smallest absolute Gasteiger partial charge is 0.338 e. The van der Waals surface area contributed by atoms with Crippen LogP contribution in [0.4, 0.5) is 0 Å². The van der Waals surface area contributed by atoms with Crippen LogP contribution in [0.1, 0.15) is 54.9 Å². The quantitative estimate of drug-likeness (QED) is 0.313. The number of thiazole rings is 1. The van der Waals surface area contributed by atoms with Crippen molar-refractivity contribution in [3.05, 3.63) is 76.3 Å². The molecule has 0 fully saturated rings. The minimum atomic E-state index is -0.258. The molecule has 4 rings (SSSR count). The first-order valence-electron chi connectivity index (χ1n) is 10.6. The SMILES string of the molecule is CCOC(=O)c1ccccc1CCc1ccc2oc(-c3nc(C(C)(C)C)cs3)cc2c1. The van der Waals surface area contributed by atoms with E-state index >= 15 is 0 Å². The molecule has 2 aromatic heterocycles. The highest BCUT2D eigenvalue weighted by atomic mass is 32.1. The lowest BCUT2D eigenvalue weighted by atomic mass is 9.93. The number of ether oxygens (including phenoxy) is 1. The topological polar surface area (TPSA) is 52.3 Å². The number of benzene rings is 2. The van der Waals surface area contributed by atoms with Crippen LogP contribution in [0.15, 0.2) is 58.3 Å². The Balaban J connectivity index is 1.53. The lowest BCUT2D eigenvalue weighted by molar-refractivity contribution is 0.0525. The van der Waals surface area contributed by atoms with Gasteiger partial charge in [0.25, 0.3) is 0 Å². The molecule has 0 radical (unpaired) electrons. The maximum atomic E-state index is 12.2. The number of aryl methyl sites for hydroxylation is 2. The average Bonchev–Trinajstić information content (AvgIpc) is 3.39.